The van der Waals surface area contributed by atoms with E-state index in [0.29, 0.717) is 18.1 Å². The molecule has 0 aliphatic carbocycles. The van der Waals surface area contributed by atoms with Gasteiger partial charge in [0.15, 0.2) is 11.5 Å². The predicted octanol–water partition coefficient (Wildman–Crippen LogP) is 1.34. The maximum Gasteiger partial charge on any atom is 0.338 e. The molecule has 0 saturated carbocycles. The lowest BCUT2D eigenvalue weighted by atomic mass is 9.96. The molecule has 168 valence electrons. The topological polar surface area (TPSA) is 115 Å². The molecule has 3 N–H and O–H groups in total. The van der Waals surface area contributed by atoms with Crippen LogP contribution in [0.4, 0.5) is 0 Å². The zero-order valence-corrected chi connectivity index (χ0v) is 17.5. The van der Waals surface area contributed by atoms with Gasteiger partial charge in [0.25, 0.3) is 0 Å². The molecule has 1 aliphatic heterocycles. The molecule has 8 heteroatoms. The standard InChI is InChI=1S/C23H28O8/c1-14-20(24)22(26)21(25)19(31-14)13-30-23(27)16-8-9-17(18(12-16)28-2)29-11-10-15-6-4-3-5-7-15/h3-9,12,14,19-22,24-26H,10-11,13H2,1-2H3/t14?,19-,20+,21+,22-/m1/s1. The predicted molar refractivity (Wildman–Crippen MR) is 111 cm³/mol. The zero-order valence-electron chi connectivity index (χ0n) is 17.5. The molecular weight excluding hydrogens is 404 g/mol. The van der Waals surface area contributed by atoms with E-state index in [1.807, 2.05) is 30.3 Å². The Labute approximate surface area is 180 Å². The molecule has 5 atom stereocenters. The first kappa shape index (κ1) is 23.0. The van der Waals surface area contributed by atoms with Gasteiger partial charge in [-0.3, -0.25) is 0 Å². The summed E-state index contributed by atoms with van der Waals surface area (Å²) in [5.74, 6) is 0.258. The van der Waals surface area contributed by atoms with E-state index in [-0.39, 0.29) is 12.2 Å². The second kappa shape index (κ2) is 10.6. The summed E-state index contributed by atoms with van der Waals surface area (Å²) in [4.78, 5) is 12.4. The van der Waals surface area contributed by atoms with Crippen LogP contribution in [0.15, 0.2) is 48.5 Å². The number of carbonyl (C=O) groups is 1. The molecule has 0 radical (unpaired) electrons. The number of hydrogen-bond acceptors (Lipinski definition) is 8. The van der Waals surface area contributed by atoms with Gasteiger partial charge in [0.05, 0.1) is 25.4 Å². The second-order valence-corrected chi connectivity index (χ2v) is 7.40. The molecule has 0 aromatic heterocycles. The van der Waals surface area contributed by atoms with E-state index < -0.39 is 36.5 Å². The third kappa shape index (κ3) is 5.74. The zero-order chi connectivity index (χ0) is 22.4. The minimum absolute atomic E-state index is 0.242. The molecule has 1 fully saturated rings. The van der Waals surface area contributed by atoms with Gasteiger partial charge in [-0.15, -0.1) is 0 Å². The van der Waals surface area contributed by atoms with Crippen molar-refractivity contribution in [2.75, 3.05) is 20.3 Å². The number of methoxy groups -OCH3 is 1. The van der Waals surface area contributed by atoms with Crippen molar-refractivity contribution < 1.29 is 39.1 Å². The first-order chi connectivity index (χ1) is 14.9. The largest absolute Gasteiger partial charge is 0.493 e. The Morgan fingerprint density at radius 2 is 1.74 bits per heavy atom. The summed E-state index contributed by atoms with van der Waals surface area (Å²) in [6.07, 6.45) is -4.86. The average Bonchev–Trinajstić information content (AvgIpc) is 2.79. The Kier molecular flexibility index (Phi) is 7.86. The normalized spacial score (nSPS) is 25.6. The van der Waals surface area contributed by atoms with Gasteiger partial charge < -0.3 is 34.3 Å². The fourth-order valence-electron chi connectivity index (χ4n) is 3.35. The van der Waals surface area contributed by atoms with Crippen molar-refractivity contribution in [3.05, 3.63) is 59.7 Å². The fourth-order valence-corrected chi connectivity index (χ4v) is 3.35. The van der Waals surface area contributed by atoms with Crippen molar-refractivity contribution in [2.24, 2.45) is 0 Å². The highest BCUT2D eigenvalue weighted by Crippen LogP contribution is 2.29. The van der Waals surface area contributed by atoms with Crippen molar-refractivity contribution in [2.45, 2.75) is 43.9 Å². The van der Waals surface area contributed by atoms with Crippen LogP contribution in [0.1, 0.15) is 22.8 Å². The van der Waals surface area contributed by atoms with Crippen LogP contribution in [0.25, 0.3) is 0 Å². The van der Waals surface area contributed by atoms with E-state index in [0.717, 1.165) is 12.0 Å². The number of benzene rings is 2. The third-order valence-electron chi connectivity index (χ3n) is 5.22. The van der Waals surface area contributed by atoms with Crippen molar-refractivity contribution >= 4 is 5.97 Å². The Morgan fingerprint density at radius 3 is 2.45 bits per heavy atom. The summed E-state index contributed by atoms with van der Waals surface area (Å²) in [6.45, 7) is 1.75. The first-order valence-corrected chi connectivity index (χ1v) is 10.1. The van der Waals surface area contributed by atoms with Crippen molar-refractivity contribution in [1.29, 1.82) is 0 Å². The van der Waals surface area contributed by atoms with E-state index in [1.165, 1.54) is 13.2 Å². The lowest BCUT2D eigenvalue weighted by Crippen LogP contribution is -2.57. The molecule has 0 spiro atoms. The molecule has 8 nitrogen and oxygen atoms in total. The number of ether oxygens (including phenoxy) is 4. The van der Waals surface area contributed by atoms with Gasteiger partial charge >= 0.3 is 5.97 Å². The fraction of sp³-hybridized carbons (Fsp3) is 0.435. The Hall–Kier alpha value is -2.65. The molecule has 0 amide bonds. The number of rotatable bonds is 8. The van der Waals surface area contributed by atoms with Crippen LogP contribution in [0.5, 0.6) is 11.5 Å². The number of aliphatic hydroxyl groups is 3. The van der Waals surface area contributed by atoms with E-state index >= 15 is 0 Å². The molecule has 2 aromatic carbocycles. The minimum atomic E-state index is -1.38. The summed E-state index contributed by atoms with van der Waals surface area (Å²) in [5.41, 5.74) is 1.40. The van der Waals surface area contributed by atoms with Crippen molar-refractivity contribution in [3.63, 3.8) is 0 Å². The molecule has 2 aromatic rings. The SMILES string of the molecule is COc1cc(C(=O)OC[C@H]2OC(C)[C@H](O)[C@@H](O)[C@H]2O)ccc1OCCc1ccccc1. The highest BCUT2D eigenvalue weighted by atomic mass is 16.6. The van der Waals surface area contributed by atoms with E-state index in [1.54, 1.807) is 19.1 Å². The number of hydrogen-bond donors (Lipinski definition) is 3. The monoisotopic (exact) mass is 432 g/mol. The van der Waals surface area contributed by atoms with Gasteiger partial charge in [0.2, 0.25) is 0 Å². The van der Waals surface area contributed by atoms with Crippen LogP contribution in [-0.4, -0.2) is 72.1 Å². The van der Waals surface area contributed by atoms with E-state index in [4.69, 9.17) is 18.9 Å². The Balaban J connectivity index is 1.56. The number of esters is 1. The average molecular weight is 432 g/mol. The minimum Gasteiger partial charge on any atom is -0.493 e. The maximum absolute atomic E-state index is 12.4. The smallest absolute Gasteiger partial charge is 0.338 e. The van der Waals surface area contributed by atoms with Crippen LogP contribution in [0.2, 0.25) is 0 Å². The third-order valence-corrected chi connectivity index (χ3v) is 5.22. The van der Waals surface area contributed by atoms with Gasteiger partial charge in [0.1, 0.15) is 31.0 Å². The van der Waals surface area contributed by atoms with Gasteiger partial charge in [-0.2, -0.15) is 0 Å². The molecule has 1 saturated heterocycles. The van der Waals surface area contributed by atoms with Gasteiger partial charge in [-0.25, -0.2) is 4.79 Å². The molecule has 1 unspecified atom stereocenters. The molecule has 0 bridgehead atoms. The summed E-state index contributed by atoms with van der Waals surface area (Å²) in [6, 6.07) is 14.6. The lowest BCUT2D eigenvalue weighted by molar-refractivity contribution is -0.224. The van der Waals surface area contributed by atoms with Crippen molar-refractivity contribution in [3.8, 4) is 11.5 Å². The highest BCUT2D eigenvalue weighted by Gasteiger charge is 2.42. The second-order valence-electron chi connectivity index (χ2n) is 7.40. The summed E-state index contributed by atoms with van der Waals surface area (Å²) < 4.78 is 21.8. The van der Waals surface area contributed by atoms with Gasteiger partial charge in [-0.1, -0.05) is 30.3 Å². The van der Waals surface area contributed by atoms with Crippen LogP contribution < -0.4 is 9.47 Å². The van der Waals surface area contributed by atoms with Gasteiger partial charge in [0, 0.05) is 6.42 Å². The van der Waals surface area contributed by atoms with Crippen LogP contribution in [0, 0.1) is 0 Å². The van der Waals surface area contributed by atoms with E-state index in [9.17, 15) is 20.1 Å². The van der Waals surface area contributed by atoms with Crippen LogP contribution in [-0.2, 0) is 15.9 Å². The summed E-state index contributed by atoms with van der Waals surface area (Å²) in [7, 11) is 1.48. The first-order valence-electron chi connectivity index (χ1n) is 10.1. The number of carbonyl (C=O) groups excluding carboxylic acids is 1. The maximum atomic E-state index is 12.4. The molecule has 1 heterocycles. The summed E-state index contributed by atoms with van der Waals surface area (Å²) >= 11 is 0. The molecular formula is C23H28O8. The van der Waals surface area contributed by atoms with Gasteiger partial charge in [-0.05, 0) is 30.7 Å². The van der Waals surface area contributed by atoms with Crippen molar-refractivity contribution in [1.82, 2.24) is 0 Å². The quantitative estimate of drug-likeness (QED) is 0.536. The highest BCUT2D eigenvalue weighted by molar-refractivity contribution is 5.90. The number of aliphatic hydroxyl groups excluding tert-OH is 3. The van der Waals surface area contributed by atoms with Crippen LogP contribution >= 0.6 is 0 Å². The Bertz CT molecular complexity index is 856. The Morgan fingerprint density at radius 1 is 1.00 bits per heavy atom. The lowest BCUT2D eigenvalue weighted by Gasteiger charge is -2.38. The van der Waals surface area contributed by atoms with E-state index in [2.05, 4.69) is 0 Å². The van der Waals surface area contributed by atoms with Crippen LogP contribution in [0.3, 0.4) is 0 Å². The molecule has 3 rings (SSSR count). The molecule has 1 aliphatic rings. The molecule has 31 heavy (non-hydrogen) atoms. The summed E-state index contributed by atoms with van der Waals surface area (Å²) in [5, 5.41) is 29.6.